The highest BCUT2D eigenvalue weighted by Gasteiger charge is 2.48. The average molecular weight is 431 g/mol. The van der Waals surface area contributed by atoms with Crippen LogP contribution in [-0.4, -0.2) is 41.2 Å². The van der Waals surface area contributed by atoms with Crippen molar-refractivity contribution in [3.8, 4) is 10.4 Å². The second-order valence-electron chi connectivity index (χ2n) is 8.21. The fourth-order valence-electron chi connectivity index (χ4n) is 4.13. The van der Waals surface area contributed by atoms with Gasteiger partial charge in [0.05, 0.1) is 0 Å². The summed E-state index contributed by atoms with van der Waals surface area (Å²) in [6, 6.07) is 19.9. The molecule has 2 heterocycles. The van der Waals surface area contributed by atoms with Crippen LogP contribution in [0.15, 0.2) is 71.7 Å². The first-order valence-electron chi connectivity index (χ1n) is 10.3. The van der Waals surface area contributed by atoms with Crippen LogP contribution in [0.5, 0.6) is 0 Å². The van der Waals surface area contributed by atoms with Crippen LogP contribution in [0.25, 0.3) is 16.5 Å². The van der Waals surface area contributed by atoms with E-state index < -0.39 is 5.54 Å². The molecule has 0 saturated carbocycles. The maximum absolute atomic E-state index is 13.5. The standard InChI is InChI=1S/C26H26N2O2S/c1-18-14-15-31-23(18)21-13-9-8-12-20(21)16-22-24(29)28(4)26(2,25(30)27(22)3)17-19-10-6-5-7-11-19/h5-16H,17H2,1-4H3. The molecule has 4 nitrogen and oxygen atoms in total. The van der Waals surface area contributed by atoms with Crippen LogP contribution in [0.4, 0.5) is 0 Å². The van der Waals surface area contributed by atoms with Crippen molar-refractivity contribution in [1.29, 1.82) is 0 Å². The molecular weight excluding hydrogens is 404 g/mol. The number of thiophene rings is 1. The molecule has 1 unspecified atom stereocenters. The molecule has 0 radical (unpaired) electrons. The molecular formula is C26H26N2O2S. The van der Waals surface area contributed by atoms with Crippen LogP contribution in [0.2, 0.25) is 0 Å². The Morgan fingerprint density at radius 1 is 0.968 bits per heavy atom. The summed E-state index contributed by atoms with van der Waals surface area (Å²) in [5.41, 5.74) is 3.67. The highest BCUT2D eigenvalue weighted by atomic mass is 32.1. The lowest BCUT2D eigenvalue weighted by Crippen LogP contribution is -2.64. The van der Waals surface area contributed by atoms with Gasteiger partial charge in [-0.25, -0.2) is 0 Å². The molecule has 2 amide bonds. The third-order valence-corrected chi connectivity index (χ3v) is 7.19. The molecule has 1 fully saturated rings. The Kier molecular flexibility index (Phi) is 5.54. The van der Waals surface area contributed by atoms with E-state index in [2.05, 4.69) is 24.4 Å². The van der Waals surface area contributed by atoms with Crippen LogP contribution in [-0.2, 0) is 16.0 Å². The number of hydrogen-bond acceptors (Lipinski definition) is 3. The van der Waals surface area contributed by atoms with Gasteiger partial charge < -0.3 is 9.80 Å². The van der Waals surface area contributed by atoms with Crippen LogP contribution in [0.1, 0.15) is 23.6 Å². The van der Waals surface area contributed by atoms with Gasteiger partial charge in [0, 0.05) is 25.4 Å². The number of amides is 2. The summed E-state index contributed by atoms with van der Waals surface area (Å²) in [7, 11) is 3.42. The first-order chi connectivity index (χ1) is 14.8. The Morgan fingerprint density at radius 3 is 2.32 bits per heavy atom. The smallest absolute Gasteiger partial charge is 0.271 e. The predicted octanol–water partition coefficient (Wildman–Crippen LogP) is 5.00. The number of rotatable bonds is 4. The van der Waals surface area contributed by atoms with Gasteiger partial charge in [-0.2, -0.15) is 0 Å². The van der Waals surface area contributed by atoms with Crippen molar-refractivity contribution < 1.29 is 9.59 Å². The zero-order valence-electron chi connectivity index (χ0n) is 18.3. The van der Waals surface area contributed by atoms with Gasteiger partial charge in [-0.05, 0) is 53.6 Å². The summed E-state index contributed by atoms with van der Waals surface area (Å²) in [5.74, 6) is -0.243. The lowest BCUT2D eigenvalue weighted by Gasteiger charge is -2.45. The molecule has 158 valence electrons. The highest BCUT2D eigenvalue weighted by molar-refractivity contribution is 7.13. The first kappa shape index (κ1) is 21.1. The van der Waals surface area contributed by atoms with E-state index in [-0.39, 0.29) is 11.8 Å². The van der Waals surface area contributed by atoms with E-state index >= 15 is 0 Å². The molecule has 0 aliphatic carbocycles. The number of aryl methyl sites for hydroxylation is 1. The van der Waals surface area contributed by atoms with E-state index in [4.69, 9.17) is 0 Å². The van der Waals surface area contributed by atoms with Gasteiger partial charge in [-0.1, -0.05) is 54.6 Å². The van der Waals surface area contributed by atoms with Crippen molar-refractivity contribution >= 4 is 29.2 Å². The quantitative estimate of drug-likeness (QED) is 0.547. The Balaban J connectivity index is 1.73. The summed E-state index contributed by atoms with van der Waals surface area (Å²) in [5, 5.41) is 2.07. The molecule has 1 saturated heterocycles. The normalized spacial score (nSPS) is 20.6. The predicted molar refractivity (Wildman–Crippen MR) is 127 cm³/mol. The van der Waals surface area contributed by atoms with Gasteiger partial charge in [0.25, 0.3) is 11.8 Å². The maximum atomic E-state index is 13.5. The lowest BCUT2D eigenvalue weighted by atomic mass is 9.87. The molecule has 1 aliphatic rings. The first-order valence-corrected chi connectivity index (χ1v) is 11.2. The molecule has 0 spiro atoms. The molecule has 1 aliphatic heterocycles. The van der Waals surface area contributed by atoms with Gasteiger partial charge in [0.15, 0.2) is 0 Å². The molecule has 31 heavy (non-hydrogen) atoms. The Morgan fingerprint density at radius 2 is 1.65 bits per heavy atom. The van der Waals surface area contributed by atoms with E-state index in [0.717, 1.165) is 16.7 Å². The van der Waals surface area contributed by atoms with Gasteiger partial charge in [-0.15, -0.1) is 11.3 Å². The van der Waals surface area contributed by atoms with Gasteiger partial charge in [-0.3, -0.25) is 9.59 Å². The Labute approximate surface area is 187 Å². The van der Waals surface area contributed by atoms with Crippen LogP contribution >= 0.6 is 11.3 Å². The van der Waals surface area contributed by atoms with Crippen LogP contribution in [0, 0.1) is 6.92 Å². The summed E-state index contributed by atoms with van der Waals surface area (Å²) in [6.45, 7) is 3.93. The van der Waals surface area contributed by atoms with Crippen molar-refractivity contribution in [2.24, 2.45) is 0 Å². The third-order valence-electron chi connectivity index (χ3n) is 6.14. The number of carbonyl (C=O) groups is 2. The lowest BCUT2D eigenvalue weighted by molar-refractivity contribution is -0.155. The van der Waals surface area contributed by atoms with Crippen molar-refractivity contribution in [2.75, 3.05) is 14.1 Å². The highest BCUT2D eigenvalue weighted by Crippen LogP contribution is 2.35. The summed E-state index contributed by atoms with van der Waals surface area (Å²) < 4.78 is 0. The zero-order chi connectivity index (χ0) is 22.2. The Bertz CT molecular complexity index is 1160. The number of benzene rings is 2. The van der Waals surface area contributed by atoms with Gasteiger partial charge >= 0.3 is 0 Å². The largest absolute Gasteiger partial charge is 0.326 e. The van der Waals surface area contributed by atoms with Crippen molar-refractivity contribution in [3.63, 3.8) is 0 Å². The topological polar surface area (TPSA) is 40.6 Å². The third kappa shape index (κ3) is 3.70. The minimum absolute atomic E-state index is 0.0884. The fraction of sp³-hybridized carbons (Fsp3) is 0.231. The maximum Gasteiger partial charge on any atom is 0.271 e. The molecule has 1 atom stereocenters. The Hall–Kier alpha value is -3.18. The summed E-state index contributed by atoms with van der Waals surface area (Å²) in [4.78, 5) is 31.2. The second-order valence-corrected chi connectivity index (χ2v) is 9.13. The minimum atomic E-state index is -0.936. The molecule has 3 aromatic rings. The molecule has 1 aromatic heterocycles. The fourth-order valence-corrected chi connectivity index (χ4v) is 5.10. The SMILES string of the molecule is Cc1ccsc1-c1ccccc1C=C1C(=O)N(C)C(C)(Cc2ccccc2)C(=O)N1C. The summed E-state index contributed by atoms with van der Waals surface area (Å²) in [6.07, 6.45) is 2.31. The number of nitrogens with zero attached hydrogens (tertiary/aromatic N) is 2. The van der Waals surface area contributed by atoms with Crippen molar-refractivity contribution in [2.45, 2.75) is 25.8 Å². The van der Waals surface area contributed by atoms with Crippen LogP contribution in [0.3, 0.4) is 0 Å². The minimum Gasteiger partial charge on any atom is -0.326 e. The molecule has 2 aromatic carbocycles. The van der Waals surface area contributed by atoms with Crippen LogP contribution < -0.4 is 0 Å². The van der Waals surface area contributed by atoms with Crippen molar-refractivity contribution in [1.82, 2.24) is 9.80 Å². The van der Waals surface area contributed by atoms with E-state index in [1.54, 1.807) is 30.3 Å². The summed E-state index contributed by atoms with van der Waals surface area (Å²) >= 11 is 1.68. The van der Waals surface area contributed by atoms with Crippen molar-refractivity contribution in [3.05, 3.63) is 88.4 Å². The van der Waals surface area contributed by atoms with E-state index in [0.29, 0.717) is 12.1 Å². The van der Waals surface area contributed by atoms with E-state index in [9.17, 15) is 9.59 Å². The molecule has 0 N–H and O–H groups in total. The number of likely N-dealkylation sites (N-methyl/N-ethyl adjacent to an activating group) is 2. The van der Waals surface area contributed by atoms with Gasteiger partial charge in [0.2, 0.25) is 0 Å². The number of hydrogen-bond donors (Lipinski definition) is 0. The second kappa shape index (κ2) is 8.16. The van der Waals surface area contributed by atoms with E-state index in [1.165, 1.54) is 15.3 Å². The number of piperazine rings is 1. The zero-order valence-corrected chi connectivity index (χ0v) is 19.1. The molecule has 0 bridgehead atoms. The van der Waals surface area contributed by atoms with E-state index in [1.807, 2.05) is 61.5 Å². The van der Waals surface area contributed by atoms with Gasteiger partial charge in [0.1, 0.15) is 11.2 Å². The number of carbonyl (C=O) groups excluding carboxylic acids is 2. The monoisotopic (exact) mass is 430 g/mol. The average Bonchev–Trinajstić information content (AvgIpc) is 3.21. The molecule has 5 heteroatoms. The molecule has 4 rings (SSSR count).